The van der Waals surface area contributed by atoms with Crippen molar-refractivity contribution in [1.82, 2.24) is 15.5 Å². The first kappa shape index (κ1) is 28.9. The zero-order valence-electron chi connectivity index (χ0n) is 21.3. The predicted octanol–water partition coefficient (Wildman–Crippen LogP) is -1.71. The molecule has 0 saturated heterocycles. The second kappa shape index (κ2) is 12.7. The lowest BCUT2D eigenvalue weighted by molar-refractivity contribution is -0.142. The normalized spacial score (nSPS) is 21.2. The minimum Gasteiger partial charge on any atom is -0.508 e. The van der Waals surface area contributed by atoms with E-state index >= 15 is 0 Å². The predicted molar refractivity (Wildman–Crippen MR) is 141 cm³/mol. The SMILES string of the molecule is CN1C(=O)[C@@H](C[C@H](O)CN)NC(=O)[C@@H](N)Cc2cc(ccc2O)-c2ccc(O)c(c2)C[C@@H]1C(=O)NCCN. The van der Waals surface area contributed by atoms with Gasteiger partial charge in [0.25, 0.3) is 0 Å². The standard InChI is InChI=1S/C26H36N6O6/c1-32-21(25(37)30-7-6-27)11-17-9-15(3-5-23(17)35)14-2-4-22(34)16(8-14)10-19(29)24(36)31-20(26(32)38)12-18(33)13-28/h2-5,8-9,18-21,33-35H,6-7,10-13,27-29H2,1H3,(H,30,37)(H,31,36)/t18-,19-,20+,21+/m0/s1. The zero-order valence-corrected chi connectivity index (χ0v) is 21.3. The highest BCUT2D eigenvalue weighted by atomic mass is 16.3. The van der Waals surface area contributed by atoms with Crippen molar-refractivity contribution in [2.75, 3.05) is 26.7 Å². The Kier molecular flexibility index (Phi) is 9.64. The summed E-state index contributed by atoms with van der Waals surface area (Å²) in [4.78, 5) is 40.9. The molecular weight excluding hydrogens is 492 g/mol. The van der Waals surface area contributed by atoms with Crippen molar-refractivity contribution < 1.29 is 29.7 Å². The van der Waals surface area contributed by atoms with E-state index in [-0.39, 0.29) is 50.4 Å². The summed E-state index contributed by atoms with van der Waals surface area (Å²) in [6.45, 7) is 0.192. The Bertz CT molecular complexity index is 1170. The van der Waals surface area contributed by atoms with Gasteiger partial charge in [-0.2, -0.15) is 0 Å². The van der Waals surface area contributed by atoms with Crippen LogP contribution in [0.1, 0.15) is 17.5 Å². The molecule has 4 bridgehead atoms. The lowest BCUT2D eigenvalue weighted by atomic mass is 9.95. The first-order valence-corrected chi connectivity index (χ1v) is 12.4. The Balaban J connectivity index is 2.15. The largest absolute Gasteiger partial charge is 0.508 e. The van der Waals surface area contributed by atoms with Crippen molar-refractivity contribution >= 4 is 17.7 Å². The molecule has 2 aromatic carbocycles. The van der Waals surface area contributed by atoms with Gasteiger partial charge < -0.3 is 48.1 Å². The first-order valence-electron chi connectivity index (χ1n) is 12.4. The van der Waals surface area contributed by atoms with Crippen molar-refractivity contribution in [3.05, 3.63) is 47.5 Å². The molecule has 206 valence electrons. The Morgan fingerprint density at radius 2 is 1.66 bits per heavy atom. The molecule has 0 spiro atoms. The molecular formula is C26H36N6O6. The van der Waals surface area contributed by atoms with Gasteiger partial charge in [0.2, 0.25) is 17.7 Å². The number of aliphatic hydroxyl groups excluding tert-OH is 1. The van der Waals surface area contributed by atoms with Crippen LogP contribution in [0.15, 0.2) is 36.4 Å². The van der Waals surface area contributed by atoms with Crippen LogP contribution in [-0.4, -0.2) is 88.9 Å². The average Bonchev–Trinajstić information content (AvgIpc) is 2.90. The molecule has 3 rings (SSSR count). The number of hydrogen-bond acceptors (Lipinski definition) is 9. The van der Waals surface area contributed by atoms with E-state index in [4.69, 9.17) is 17.2 Å². The van der Waals surface area contributed by atoms with Crippen LogP contribution in [0.4, 0.5) is 0 Å². The fourth-order valence-corrected chi connectivity index (χ4v) is 4.38. The number of nitrogens with zero attached hydrogens (tertiary/aromatic N) is 1. The van der Waals surface area contributed by atoms with Gasteiger partial charge in [0.05, 0.1) is 12.1 Å². The molecule has 1 aliphatic heterocycles. The van der Waals surface area contributed by atoms with E-state index in [0.29, 0.717) is 22.3 Å². The highest BCUT2D eigenvalue weighted by Gasteiger charge is 2.34. The number of aromatic hydroxyl groups is 2. The molecule has 1 aliphatic rings. The molecule has 12 heteroatoms. The summed E-state index contributed by atoms with van der Waals surface area (Å²) in [6, 6.07) is 6.28. The summed E-state index contributed by atoms with van der Waals surface area (Å²) in [5.74, 6) is -1.96. The van der Waals surface area contributed by atoms with Crippen LogP contribution in [0.5, 0.6) is 11.5 Å². The summed E-state index contributed by atoms with van der Waals surface area (Å²) in [6.07, 6.45) is -1.40. The number of amides is 3. The van der Waals surface area contributed by atoms with E-state index in [2.05, 4.69) is 10.6 Å². The van der Waals surface area contributed by atoms with Crippen LogP contribution in [0.25, 0.3) is 11.1 Å². The Morgan fingerprint density at radius 3 is 2.21 bits per heavy atom. The summed E-state index contributed by atoms with van der Waals surface area (Å²) < 4.78 is 0. The van der Waals surface area contributed by atoms with Gasteiger partial charge in [0.15, 0.2) is 0 Å². The number of aliphatic hydroxyl groups is 1. The Labute approximate surface area is 220 Å². The minimum atomic E-state index is -1.24. The van der Waals surface area contributed by atoms with E-state index < -0.39 is 42.0 Å². The van der Waals surface area contributed by atoms with Gasteiger partial charge >= 0.3 is 0 Å². The maximum Gasteiger partial charge on any atom is 0.245 e. The monoisotopic (exact) mass is 528 g/mol. The number of nitrogens with two attached hydrogens (primary N) is 3. The number of likely N-dealkylation sites (N-methyl/N-ethyl adjacent to an activating group) is 1. The highest BCUT2D eigenvalue weighted by Crippen LogP contribution is 2.31. The maximum absolute atomic E-state index is 13.6. The van der Waals surface area contributed by atoms with E-state index in [9.17, 15) is 29.7 Å². The third kappa shape index (κ3) is 6.78. The van der Waals surface area contributed by atoms with Crippen molar-refractivity contribution in [1.29, 1.82) is 0 Å². The number of carbonyl (C=O) groups is 3. The van der Waals surface area contributed by atoms with Crippen LogP contribution in [-0.2, 0) is 27.2 Å². The topological polar surface area (TPSA) is 217 Å². The molecule has 0 radical (unpaired) electrons. The number of phenolic OH excluding ortho intramolecular Hbond substituents is 2. The van der Waals surface area contributed by atoms with Crippen molar-refractivity contribution in [3.8, 4) is 22.6 Å². The zero-order chi connectivity index (χ0) is 28.0. The summed E-state index contributed by atoms with van der Waals surface area (Å²) in [7, 11) is 1.41. The fraction of sp³-hybridized carbons (Fsp3) is 0.423. The molecule has 1 heterocycles. The minimum absolute atomic E-state index is 0.0310. The second-order valence-corrected chi connectivity index (χ2v) is 9.43. The molecule has 38 heavy (non-hydrogen) atoms. The number of hydrogen-bond donors (Lipinski definition) is 8. The summed E-state index contributed by atoms with van der Waals surface area (Å²) in [5, 5.41) is 36.5. The number of carbonyl (C=O) groups excluding carboxylic acids is 3. The summed E-state index contributed by atoms with van der Waals surface area (Å²) in [5.41, 5.74) is 19.4. The molecule has 0 aliphatic carbocycles. The van der Waals surface area contributed by atoms with Gasteiger partial charge in [0.1, 0.15) is 23.6 Å². The Morgan fingerprint density at radius 1 is 1.08 bits per heavy atom. The highest BCUT2D eigenvalue weighted by molar-refractivity contribution is 5.93. The van der Waals surface area contributed by atoms with Gasteiger partial charge in [-0.05, 0) is 46.5 Å². The molecule has 4 atom stereocenters. The van der Waals surface area contributed by atoms with Crippen LogP contribution >= 0.6 is 0 Å². The number of benzene rings is 2. The lowest BCUT2D eigenvalue weighted by Gasteiger charge is -2.32. The molecule has 3 amide bonds. The molecule has 0 unspecified atom stereocenters. The molecule has 0 fully saturated rings. The number of nitrogens with one attached hydrogen (secondary N) is 2. The fourth-order valence-electron chi connectivity index (χ4n) is 4.38. The number of phenols is 2. The molecule has 0 saturated carbocycles. The third-order valence-electron chi connectivity index (χ3n) is 6.64. The van der Waals surface area contributed by atoms with Crippen molar-refractivity contribution in [2.24, 2.45) is 17.2 Å². The smallest absolute Gasteiger partial charge is 0.245 e. The van der Waals surface area contributed by atoms with E-state index in [0.717, 1.165) is 0 Å². The maximum atomic E-state index is 13.6. The Hall–Kier alpha value is -3.71. The molecule has 2 aromatic rings. The number of rotatable bonds is 6. The first-order chi connectivity index (χ1) is 18.0. The molecule has 12 nitrogen and oxygen atoms in total. The van der Waals surface area contributed by atoms with Gasteiger partial charge in [-0.15, -0.1) is 0 Å². The van der Waals surface area contributed by atoms with Crippen LogP contribution < -0.4 is 27.8 Å². The second-order valence-electron chi connectivity index (χ2n) is 9.43. The van der Waals surface area contributed by atoms with E-state index in [1.54, 1.807) is 24.3 Å². The van der Waals surface area contributed by atoms with Crippen LogP contribution in [0, 0.1) is 0 Å². The summed E-state index contributed by atoms with van der Waals surface area (Å²) >= 11 is 0. The van der Waals surface area contributed by atoms with Crippen LogP contribution in [0.3, 0.4) is 0 Å². The van der Waals surface area contributed by atoms with E-state index in [1.807, 2.05) is 0 Å². The van der Waals surface area contributed by atoms with Gasteiger partial charge in [-0.3, -0.25) is 14.4 Å². The van der Waals surface area contributed by atoms with E-state index in [1.165, 1.54) is 24.1 Å². The van der Waals surface area contributed by atoms with Crippen molar-refractivity contribution in [3.63, 3.8) is 0 Å². The average molecular weight is 529 g/mol. The van der Waals surface area contributed by atoms with Crippen LogP contribution in [0.2, 0.25) is 0 Å². The van der Waals surface area contributed by atoms with Gasteiger partial charge in [-0.1, -0.05) is 12.1 Å². The van der Waals surface area contributed by atoms with Gasteiger partial charge in [-0.25, -0.2) is 0 Å². The van der Waals surface area contributed by atoms with Crippen molar-refractivity contribution in [2.45, 2.75) is 43.5 Å². The molecule has 11 N–H and O–H groups in total. The number of fused-ring (bicyclic) bond motifs is 5. The quantitative estimate of drug-likeness (QED) is 0.214. The third-order valence-corrected chi connectivity index (χ3v) is 6.64. The lowest BCUT2D eigenvalue weighted by Crippen LogP contribution is -2.58. The molecule has 0 aromatic heterocycles. The van der Waals surface area contributed by atoms with Gasteiger partial charge in [0, 0.05) is 45.9 Å².